The van der Waals surface area contributed by atoms with Crippen LogP contribution in [0.25, 0.3) is 11.3 Å². The van der Waals surface area contributed by atoms with E-state index in [0.29, 0.717) is 48.3 Å². The van der Waals surface area contributed by atoms with Crippen molar-refractivity contribution in [3.8, 4) is 11.3 Å². The number of carbonyl (C=O) groups is 2. The fourth-order valence-electron chi connectivity index (χ4n) is 4.42. The van der Waals surface area contributed by atoms with Gasteiger partial charge in [-0.05, 0) is 44.6 Å². The van der Waals surface area contributed by atoms with Crippen molar-refractivity contribution in [2.45, 2.75) is 44.6 Å². The highest BCUT2D eigenvalue weighted by Crippen LogP contribution is 2.28. The lowest BCUT2D eigenvalue weighted by atomic mass is 9.86. The highest BCUT2D eigenvalue weighted by atomic mass is 16.4. The fraction of sp³-hybridized carbons (Fsp3) is 0.435. The Morgan fingerprint density at radius 2 is 1.72 bits per heavy atom. The van der Waals surface area contributed by atoms with Gasteiger partial charge in [-0.2, -0.15) is 0 Å². The number of hydrogen-bond acceptors (Lipinski definition) is 6. The van der Waals surface area contributed by atoms with Gasteiger partial charge in [0.25, 0.3) is 5.91 Å². The largest absolute Gasteiger partial charge is 0.481 e. The van der Waals surface area contributed by atoms with Gasteiger partial charge in [-0.15, -0.1) is 10.2 Å². The Labute approximate surface area is 186 Å². The summed E-state index contributed by atoms with van der Waals surface area (Å²) in [4.78, 5) is 26.6. The Hall–Kier alpha value is -3.49. The van der Waals surface area contributed by atoms with Crippen molar-refractivity contribution in [3.63, 3.8) is 0 Å². The number of nitrogens with one attached hydrogen (secondary N) is 2. The van der Waals surface area contributed by atoms with E-state index in [-0.39, 0.29) is 23.7 Å². The number of carboxylic acids is 1. The molecule has 1 aromatic carbocycles. The van der Waals surface area contributed by atoms with Gasteiger partial charge in [-0.25, -0.2) is 0 Å². The van der Waals surface area contributed by atoms with E-state index in [1.54, 1.807) is 18.2 Å². The summed E-state index contributed by atoms with van der Waals surface area (Å²) in [6, 6.07) is 8.83. The smallest absolute Gasteiger partial charge is 0.306 e. The van der Waals surface area contributed by atoms with E-state index in [1.807, 2.05) is 12.1 Å². The Morgan fingerprint density at radius 1 is 1.06 bits per heavy atom. The lowest BCUT2D eigenvalue weighted by Crippen LogP contribution is -2.39. The summed E-state index contributed by atoms with van der Waals surface area (Å²) in [5, 5.41) is 28.6. The zero-order valence-corrected chi connectivity index (χ0v) is 17.9. The molecule has 1 saturated carbocycles. The van der Waals surface area contributed by atoms with Crippen LogP contribution in [-0.4, -0.2) is 52.1 Å². The number of carbonyl (C=O) groups excluding carboxylic acids is 1. The second kappa shape index (κ2) is 9.33. The number of anilines is 1. The van der Waals surface area contributed by atoms with E-state index in [4.69, 9.17) is 11.1 Å². The standard InChI is InChI=1S/C23H28N6O3/c24-20(25)15-5-3-14(4-6-15)19-13-18(21(28-27-19)29-11-1-2-12-29)22(30)26-17-9-7-16(8-10-17)23(31)32/h3-6,13,16-17H,1-2,7-12H2,(H3,24,25)(H,26,30)(H,31,32). The fourth-order valence-corrected chi connectivity index (χ4v) is 4.42. The number of aromatic nitrogens is 2. The average molecular weight is 437 g/mol. The van der Waals surface area contributed by atoms with E-state index < -0.39 is 5.97 Å². The summed E-state index contributed by atoms with van der Waals surface area (Å²) in [5.41, 5.74) is 7.99. The zero-order valence-electron chi connectivity index (χ0n) is 17.9. The molecule has 9 heteroatoms. The Kier molecular flexibility index (Phi) is 6.34. The summed E-state index contributed by atoms with van der Waals surface area (Å²) in [6.45, 7) is 1.68. The van der Waals surface area contributed by atoms with Gasteiger partial charge >= 0.3 is 5.97 Å². The molecule has 1 amide bonds. The molecule has 2 aliphatic rings. The van der Waals surface area contributed by atoms with Gasteiger partial charge in [0.1, 0.15) is 5.84 Å². The minimum atomic E-state index is -0.759. The van der Waals surface area contributed by atoms with Gasteiger partial charge < -0.3 is 21.1 Å². The monoisotopic (exact) mass is 436 g/mol. The molecule has 0 atom stereocenters. The molecule has 0 spiro atoms. The van der Waals surface area contributed by atoms with Gasteiger partial charge in [0, 0.05) is 30.3 Å². The van der Waals surface area contributed by atoms with Crippen molar-refractivity contribution < 1.29 is 14.7 Å². The molecule has 5 N–H and O–H groups in total. The molecular weight excluding hydrogens is 408 g/mol. The van der Waals surface area contributed by atoms with E-state index in [2.05, 4.69) is 20.4 Å². The quantitative estimate of drug-likeness (QED) is 0.402. The topological polar surface area (TPSA) is 145 Å². The van der Waals surface area contributed by atoms with Gasteiger partial charge in [-0.1, -0.05) is 24.3 Å². The Bertz CT molecular complexity index is 1010. The predicted octanol–water partition coefficient (Wildman–Crippen LogP) is 2.40. The average Bonchev–Trinajstić information content (AvgIpc) is 3.34. The van der Waals surface area contributed by atoms with Gasteiger partial charge in [0.15, 0.2) is 5.82 Å². The van der Waals surface area contributed by atoms with Gasteiger partial charge in [0.05, 0.1) is 17.2 Å². The number of aliphatic carboxylic acids is 1. The second-order valence-corrected chi connectivity index (χ2v) is 8.51. The SMILES string of the molecule is N=C(N)c1ccc(-c2cc(C(=O)NC3CCC(C(=O)O)CC3)c(N3CCCC3)nn2)cc1. The van der Waals surface area contributed by atoms with Crippen molar-refractivity contribution in [1.29, 1.82) is 5.41 Å². The highest BCUT2D eigenvalue weighted by molar-refractivity contribution is 6.00. The molecule has 1 aliphatic carbocycles. The maximum absolute atomic E-state index is 13.3. The number of carboxylic acid groups (broad SMARTS) is 1. The first-order valence-corrected chi connectivity index (χ1v) is 11.0. The molecule has 0 bridgehead atoms. The molecule has 2 fully saturated rings. The molecule has 1 aliphatic heterocycles. The van der Waals surface area contributed by atoms with Crippen molar-refractivity contribution in [3.05, 3.63) is 41.5 Å². The summed E-state index contributed by atoms with van der Waals surface area (Å²) in [5.74, 6) is -0.712. The van der Waals surface area contributed by atoms with Crippen LogP contribution < -0.4 is 16.0 Å². The maximum Gasteiger partial charge on any atom is 0.306 e. The number of nitrogen functional groups attached to an aromatic ring is 1. The Morgan fingerprint density at radius 3 is 2.31 bits per heavy atom. The third-order valence-electron chi connectivity index (χ3n) is 6.33. The summed E-state index contributed by atoms with van der Waals surface area (Å²) in [6.07, 6.45) is 4.55. The molecule has 0 radical (unpaired) electrons. The van der Waals surface area contributed by atoms with Crippen LogP contribution in [0.4, 0.5) is 5.82 Å². The number of rotatable bonds is 6. The number of amidine groups is 1. The Balaban J connectivity index is 1.58. The van der Waals surface area contributed by atoms with Crippen LogP contribution in [0.5, 0.6) is 0 Å². The first-order valence-electron chi connectivity index (χ1n) is 11.0. The minimum absolute atomic E-state index is 0.00954. The third-order valence-corrected chi connectivity index (χ3v) is 6.33. The number of nitrogens with zero attached hydrogens (tertiary/aromatic N) is 3. The molecule has 168 valence electrons. The molecule has 2 heterocycles. The van der Waals surface area contributed by atoms with Crippen molar-refractivity contribution in [1.82, 2.24) is 15.5 Å². The number of nitrogens with two attached hydrogens (primary N) is 1. The van der Waals surface area contributed by atoms with Gasteiger partial charge in [0.2, 0.25) is 0 Å². The lowest BCUT2D eigenvalue weighted by molar-refractivity contribution is -0.142. The van der Waals surface area contributed by atoms with Gasteiger partial charge in [-0.3, -0.25) is 15.0 Å². The molecule has 32 heavy (non-hydrogen) atoms. The molecule has 1 saturated heterocycles. The first-order chi connectivity index (χ1) is 15.4. The van der Waals surface area contributed by atoms with Crippen LogP contribution in [0.2, 0.25) is 0 Å². The normalized spacial score (nSPS) is 20.7. The van der Waals surface area contributed by atoms with Crippen molar-refractivity contribution in [2.75, 3.05) is 18.0 Å². The zero-order chi connectivity index (χ0) is 22.7. The minimum Gasteiger partial charge on any atom is -0.481 e. The van der Waals surface area contributed by atoms with E-state index >= 15 is 0 Å². The van der Waals surface area contributed by atoms with Crippen LogP contribution in [0.15, 0.2) is 30.3 Å². The van der Waals surface area contributed by atoms with Crippen LogP contribution in [0.3, 0.4) is 0 Å². The molecule has 1 aromatic heterocycles. The molecule has 2 aromatic rings. The number of benzene rings is 1. The van der Waals surface area contributed by atoms with Crippen LogP contribution in [0.1, 0.15) is 54.4 Å². The summed E-state index contributed by atoms with van der Waals surface area (Å²) < 4.78 is 0. The van der Waals surface area contributed by atoms with E-state index in [1.165, 1.54) is 0 Å². The molecule has 4 rings (SSSR count). The summed E-state index contributed by atoms with van der Waals surface area (Å²) >= 11 is 0. The van der Waals surface area contributed by atoms with Crippen LogP contribution in [-0.2, 0) is 4.79 Å². The second-order valence-electron chi connectivity index (χ2n) is 8.51. The molecular formula is C23H28N6O3. The maximum atomic E-state index is 13.3. The molecule has 0 unspecified atom stereocenters. The predicted molar refractivity (Wildman–Crippen MR) is 121 cm³/mol. The molecule has 9 nitrogen and oxygen atoms in total. The van der Waals surface area contributed by atoms with E-state index in [9.17, 15) is 14.7 Å². The lowest BCUT2D eigenvalue weighted by Gasteiger charge is -2.27. The van der Waals surface area contributed by atoms with Crippen LogP contribution in [0, 0.1) is 11.3 Å². The van der Waals surface area contributed by atoms with Crippen molar-refractivity contribution >= 4 is 23.5 Å². The third kappa shape index (κ3) is 4.71. The highest BCUT2D eigenvalue weighted by Gasteiger charge is 2.29. The van der Waals surface area contributed by atoms with E-state index in [0.717, 1.165) is 31.5 Å². The van der Waals surface area contributed by atoms with Crippen LogP contribution >= 0.6 is 0 Å². The van der Waals surface area contributed by atoms with Crippen molar-refractivity contribution in [2.24, 2.45) is 11.7 Å². The number of amides is 1. The number of hydrogen-bond donors (Lipinski definition) is 4. The summed E-state index contributed by atoms with van der Waals surface area (Å²) in [7, 11) is 0. The first kappa shape index (κ1) is 21.7.